The van der Waals surface area contributed by atoms with Crippen LogP contribution in [0.25, 0.3) is 11.0 Å². The van der Waals surface area contributed by atoms with Gasteiger partial charge in [-0.3, -0.25) is 0 Å². The number of fused-ring (bicyclic) bond motifs is 1. The molecule has 0 aliphatic carbocycles. The Kier molecular flexibility index (Phi) is 3.62. The van der Waals surface area contributed by atoms with Crippen LogP contribution in [0.2, 0.25) is 0 Å². The predicted molar refractivity (Wildman–Crippen MR) is 77.1 cm³/mol. The van der Waals surface area contributed by atoms with E-state index < -0.39 is 0 Å². The third-order valence-corrected chi connectivity index (χ3v) is 3.31. The highest BCUT2D eigenvalue weighted by molar-refractivity contribution is 5.83. The summed E-state index contributed by atoms with van der Waals surface area (Å²) < 4.78 is 16.1. The van der Waals surface area contributed by atoms with Gasteiger partial charge in [-0.1, -0.05) is 17.3 Å². The van der Waals surface area contributed by atoms with Gasteiger partial charge in [-0.25, -0.2) is 0 Å². The SMILES string of the molecule is COc1cccc2cc(C(C)NCc3noc(C)n3)oc12. The Hall–Kier alpha value is -2.34. The first kappa shape index (κ1) is 13.6. The number of nitrogens with one attached hydrogen (secondary N) is 1. The lowest BCUT2D eigenvalue weighted by atomic mass is 10.2. The van der Waals surface area contributed by atoms with Crippen LogP contribution in [0.4, 0.5) is 0 Å². The number of hydrogen-bond donors (Lipinski definition) is 1. The molecule has 0 saturated heterocycles. The molecule has 2 aromatic heterocycles. The highest BCUT2D eigenvalue weighted by atomic mass is 16.5. The molecular formula is C15H17N3O3. The van der Waals surface area contributed by atoms with Crippen molar-refractivity contribution < 1.29 is 13.7 Å². The molecule has 1 N–H and O–H groups in total. The molecule has 1 atom stereocenters. The summed E-state index contributed by atoms with van der Waals surface area (Å²) in [4.78, 5) is 4.16. The van der Waals surface area contributed by atoms with E-state index in [2.05, 4.69) is 15.5 Å². The summed E-state index contributed by atoms with van der Waals surface area (Å²) in [7, 11) is 1.64. The van der Waals surface area contributed by atoms with Gasteiger partial charge >= 0.3 is 0 Å². The summed E-state index contributed by atoms with van der Waals surface area (Å²) in [5.74, 6) is 2.77. The van der Waals surface area contributed by atoms with Gasteiger partial charge in [0.05, 0.1) is 19.7 Å². The van der Waals surface area contributed by atoms with Crippen molar-refractivity contribution in [2.75, 3.05) is 7.11 Å². The number of furan rings is 1. The number of para-hydroxylation sites is 1. The lowest BCUT2D eigenvalue weighted by molar-refractivity contribution is 0.379. The molecule has 1 aromatic carbocycles. The summed E-state index contributed by atoms with van der Waals surface area (Å²) in [6.45, 7) is 4.31. The maximum atomic E-state index is 5.89. The second-order valence-electron chi connectivity index (χ2n) is 4.86. The number of aryl methyl sites for hydroxylation is 1. The Morgan fingerprint density at radius 2 is 2.24 bits per heavy atom. The summed E-state index contributed by atoms with van der Waals surface area (Å²) in [6.07, 6.45) is 0. The molecule has 0 aliphatic heterocycles. The van der Waals surface area contributed by atoms with Gasteiger partial charge in [-0.15, -0.1) is 0 Å². The third kappa shape index (κ3) is 2.75. The largest absolute Gasteiger partial charge is 0.493 e. The number of benzene rings is 1. The number of methoxy groups -OCH3 is 1. The highest BCUT2D eigenvalue weighted by Gasteiger charge is 2.14. The van der Waals surface area contributed by atoms with E-state index >= 15 is 0 Å². The molecule has 0 saturated carbocycles. The van der Waals surface area contributed by atoms with Crippen molar-refractivity contribution in [2.45, 2.75) is 26.4 Å². The van der Waals surface area contributed by atoms with Gasteiger partial charge in [-0.2, -0.15) is 4.98 Å². The van der Waals surface area contributed by atoms with E-state index in [0.29, 0.717) is 18.3 Å². The van der Waals surface area contributed by atoms with Gasteiger partial charge in [0.1, 0.15) is 5.76 Å². The fraction of sp³-hybridized carbons (Fsp3) is 0.333. The zero-order valence-corrected chi connectivity index (χ0v) is 12.2. The van der Waals surface area contributed by atoms with Crippen molar-refractivity contribution in [1.82, 2.24) is 15.5 Å². The fourth-order valence-electron chi connectivity index (χ4n) is 2.19. The van der Waals surface area contributed by atoms with E-state index in [9.17, 15) is 0 Å². The van der Waals surface area contributed by atoms with Crippen LogP contribution in [-0.4, -0.2) is 17.3 Å². The molecular weight excluding hydrogens is 270 g/mol. The van der Waals surface area contributed by atoms with E-state index in [0.717, 1.165) is 22.5 Å². The van der Waals surface area contributed by atoms with Crippen molar-refractivity contribution in [3.63, 3.8) is 0 Å². The van der Waals surface area contributed by atoms with Crippen LogP contribution in [0.3, 0.4) is 0 Å². The number of nitrogens with zero attached hydrogens (tertiary/aromatic N) is 2. The zero-order valence-electron chi connectivity index (χ0n) is 12.2. The van der Waals surface area contributed by atoms with Crippen LogP contribution in [0.15, 0.2) is 33.2 Å². The molecule has 3 aromatic rings. The maximum Gasteiger partial charge on any atom is 0.223 e. The van der Waals surface area contributed by atoms with Crippen LogP contribution in [-0.2, 0) is 6.54 Å². The van der Waals surface area contributed by atoms with E-state index in [1.54, 1.807) is 14.0 Å². The molecule has 110 valence electrons. The van der Waals surface area contributed by atoms with Gasteiger partial charge < -0.3 is 19.0 Å². The molecule has 1 unspecified atom stereocenters. The first-order chi connectivity index (χ1) is 10.2. The minimum absolute atomic E-state index is 0.0286. The lowest BCUT2D eigenvalue weighted by Gasteiger charge is -2.08. The first-order valence-electron chi connectivity index (χ1n) is 6.76. The molecule has 3 rings (SSSR count). The summed E-state index contributed by atoms with van der Waals surface area (Å²) in [5.41, 5.74) is 0.763. The normalized spacial score (nSPS) is 12.7. The van der Waals surface area contributed by atoms with Crippen LogP contribution in [0, 0.1) is 6.92 Å². The van der Waals surface area contributed by atoms with E-state index in [1.165, 1.54) is 0 Å². The summed E-state index contributed by atoms with van der Waals surface area (Å²) >= 11 is 0. The van der Waals surface area contributed by atoms with Crippen LogP contribution >= 0.6 is 0 Å². The molecule has 6 nitrogen and oxygen atoms in total. The standard InChI is InChI=1S/C15H17N3O3/c1-9(16-8-14-17-10(2)21-18-14)13-7-11-5-4-6-12(19-3)15(11)20-13/h4-7,9,16H,8H2,1-3H3. The van der Waals surface area contributed by atoms with Crippen molar-refractivity contribution >= 4 is 11.0 Å². The van der Waals surface area contributed by atoms with Gasteiger partial charge in [0, 0.05) is 12.3 Å². The Bertz CT molecular complexity index is 748. The average molecular weight is 287 g/mol. The van der Waals surface area contributed by atoms with Crippen LogP contribution in [0.1, 0.15) is 30.4 Å². The smallest absolute Gasteiger partial charge is 0.223 e. The number of ether oxygens (including phenoxy) is 1. The Morgan fingerprint density at radius 3 is 2.95 bits per heavy atom. The highest BCUT2D eigenvalue weighted by Crippen LogP contribution is 2.30. The molecule has 0 spiro atoms. The quantitative estimate of drug-likeness (QED) is 0.777. The minimum Gasteiger partial charge on any atom is -0.493 e. The van der Waals surface area contributed by atoms with Crippen molar-refractivity contribution in [2.24, 2.45) is 0 Å². The Morgan fingerprint density at radius 1 is 1.38 bits per heavy atom. The number of aromatic nitrogens is 2. The van der Waals surface area contributed by atoms with Gasteiger partial charge in [0.15, 0.2) is 17.2 Å². The monoisotopic (exact) mass is 287 g/mol. The molecule has 21 heavy (non-hydrogen) atoms. The Labute approximate surface area is 122 Å². The number of hydrogen-bond acceptors (Lipinski definition) is 6. The van der Waals surface area contributed by atoms with Crippen LogP contribution < -0.4 is 10.1 Å². The third-order valence-electron chi connectivity index (χ3n) is 3.31. The lowest BCUT2D eigenvalue weighted by Crippen LogP contribution is -2.18. The van der Waals surface area contributed by atoms with Crippen molar-refractivity contribution in [3.05, 3.63) is 41.7 Å². The van der Waals surface area contributed by atoms with E-state index in [4.69, 9.17) is 13.7 Å². The van der Waals surface area contributed by atoms with Crippen molar-refractivity contribution in [1.29, 1.82) is 0 Å². The van der Waals surface area contributed by atoms with Crippen molar-refractivity contribution in [3.8, 4) is 5.75 Å². The number of rotatable bonds is 5. The van der Waals surface area contributed by atoms with Gasteiger partial charge in [-0.05, 0) is 19.1 Å². The van der Waals surface area contributed by atoms with Crippen LogP contribution in [0.5, 0.6) is 5.75 Å². The zero-order chi connectivity index (χ0) is 14.8. The fourth-order valence-corrected chi connectivity index (χ4v) is 2.19. The van der Waals surface area contributed by atoms with Gasteiger partial charge in [0.25, 0.3) is 0 Å². The second kappa shape index (κ2) is 5.57. The predicted octanol–water partition coefficient (Wildman–Crippen LogP) is 2.98. The maximum absolute atomic E-state index is 5.89. The molecule has 6 heteroatoms. The molecule has 0 bridgehead atoms. The average Bonchev–Trinajstić information content (AvgIpc) is 3.10. The molecule has 0 radical (unpaired) electrons. The minimum atomic E-state index is 0.0286. The molecule has 0 aliphatic rings. The van der Waals surface area contributed by atoms with E-state index in [-0.39, 0.29) is 6.04 Å². The molecule has 2 heterocycles. The Balaban J connectivity index is 1.76. The van der Waals surface area contributed by atoms with E-state index in [1.807, 2.05) is 31.2 Å². The molecule has 0 fully saturated rings. The summed E-state index contributed by atoms with van der Waals surface area (Å²) in [5, 5.41) is 8.18. The topological polar surface area (TPSA) is 73.3 Å². The first-order valence-corrected chi connectivity index (χ1v) is 6.76. The van der Waals surface area contributed by atoms with Gasteiger partial charge in [0.2, 0.25) is 5.89 Å². The molecule has 0 amide bonds. The second-order valence-corrected chi connectivity index (χ2v) is 4.86. The summed E-state index contributed by atoms with van der Waals surface area (Å²) in [6, 6.07) is 7.87.